The fraction of sp³-hybridized carbons (Fsp3) is 0. The molecule has 0 radical (unpaired) electrons. The van der Waals surface area contributed by atoms with Gasteiger partial charge in [0.2, 0.25) is 0 Å². The largest absolute Gasteiger partial charge is 0.309 e. The Balaban J connectivity index is 1.17. The summed E-state index contributed by atoms with van der Waals surface area (Å²) in [5, 5.41) is 7.88. The van der Waals surface area contributed by atoms with Crippen molar-refractivity contribution in [2.45, 2.75) is 0 Å². The summed E-state index contributed by atoms with van der Waals surface area (Å²) in [6.07, 6.45) is 0. The van der Waals surface area contributed by atoms with Crippen LogP contribution in [0, 0.1) is 0 Å². The van der Waals surface area contributed by atoms with Crippen LogP contribution >= 0.6 is 22.7 Å². The Labute approximate surface area is 267 Å². The van der Waals surface area contributed by atoms with E-state index in [4.69, 9.17) is 0 Å². The van der Waals surface area contributed by atoms with Crippen molar-refractivity contribution in [2.24, 2.45) is 0 Å². The number of fused-ring (bicyclic) bond motifs is 9. The van der Waals surface area contributed by atoms with E-state index in [9.17, 15) is 0 Å². The maximum Gasteiger partial charge on any atom is 0.0541 e. The molecule has 7 aromatic carbocycles. The highest BCUT2D eigenvalue weighted by atomic mass is 32.1. The smallest absolute Gasteiger partial charge is 0.0541 e. The highest BCUT2D eigenvalue weighted by Crippen LogP contribution is 2.43. The topological polar surface area (TPSA) is 4.93 Å². The first kappa shape index (κ1) is 25.1. The maximum atomic E-state index is 2.43. The lowest BCUT2D eigenvalue weighted by Crippen LogP contribution is -1.94. The number of benzene rings is 7. The Morgan fingerprint density at radius 2 is 0.889 bits per heavy atom. The van der Waals surface area contributed by atoms with E-state index < -0.39 is 0 Å². The monoisotopic (exact) mass is 607 g/mol. The summed E-state index contributed by atoms with van der Waals surface area (Å²) in [5.41, 5.74) is 8.70. The molecule has 3 heteroatoms. The fourth-order valence-corrected chi connectivity index (χ4v) is 9.66. The molecule has 10 rings (SSSR count). The van der Waals surface area contributed by atoms with Gasteiger partial charge in [0, 0.05) is 56.8 Å². The van der Waals surface area contributed by atoms with E-state index in [1.165, 1.54) is 90.1 Å². The highest BCUT2D eigenvalue weighted by Gasteiger charge is 2.17. The van der Waals surface area contributed by atoms with E-state index in [1.807, 2.05) is 22.7 Å². The Morgan fingerprint density at radius 3 is 1.58 bits per heavy atom. The molecule has 0 saturated heterocycles. The molecule has 0 fully saturated rings. The summed E-state index contributed by atoms with van der Waals surface area (Å²) in [5.74, 6) is 0. The molecule has 0 amide bonds. The molecule has 0 N–H and O–H groups in total. The van der Waals surface area contributed by atoms with E-state index in [-0.39, 0.29) is 0 Å². The number of rotatable bonds is 3. The average Bonchev–Trinajstić information content (AvgIpc) is 3.77. The molecule has 0 aliphatic rings. The van der Waals surface area contributed by atoms with Crippen LogP contribution < -0.4 is 0 Å². The quantitative estimate of drug-likeness (QED) is 0.188. The van der Waals surface area contributed by atoms with E-state index in [0.717, 1.165) is 0 Å². The summed E-state index contributed by atoms with van der Waals surface area (Å²) in [4.78, 5) is 0. The van der Waals surface area contributed by atoms with Gasteiger partial charge in [-0.15, -0.1) is 22.7 Å². The lowest BCUT2D eigenvalue weighted by Gasteiger charge is -2.11. The Hall–Kier alpha value is -5.22. The number of hydrogen-bond donors (Lipinski definition) is 0. The molecule has 0 unspecified atom stereocenters. The first-order chi connectivity index (χ1) is 22.3. The van der Waals surface area contributed by atoms with Crippen LogP contribution in [-0.4, -0.2) is 4.57 Å². The van der Waals surface area contributed by atoms with Crippen LogP contribution in [0.4, 0.5) is 0 Å². The zero-order valence-electron chi connectivity index (χ0n) is 24.2. The van der Waals surface area contributed by atoms with Gasteiger partial charge in [0.25, 0.3) is 0 Å². The molecule has 45 heavy (non-hydrogen) atoms. The molecule has 1 nitrogen and oxygen atoms in total. The van der Waals surface area contributed by atoms with Crippen molar-refractivity contribution in [2.75, 3.05) is 0 Å². The minimum absolute atomic E-state index is 1.18. The number of para-hydroxylation sites is 1. The molecule has 0 aliphatic heterocycles. The summed E-state index contributed by atoms with van der Waals surface area (Å²) >= 11 is 3.78. The zero-order chi connectivity index (χ0) is 29.5. The predicted octanol–water partition coefficient (Wildman–Crippen LogP) is 12.9. The van der Waals surface area contributed by atoms with E-state index >= 15 is 0 Å². The van der Waals surface area contributed by atoms with Crippen molar-refractivity contribution < 1.29 is 0 Å². The SMILES string of the molecule is c1cc(-c2cccc3c2sc2ccccc23)cc(-n2c3ccccc3c3cc(-c4cccc5c4sc4ccccc45)ccc32)c1. The molecule has 0 spiro atoms. The Bertz CT molecular complexity index is 2770. The molecule has 0 saturated carbocycles. The van der Waals surface area contributed by atoms with Crippen molar-refractivity contribution in [1.29, 1.82) is 0 Å². The van der Waals surface area contributed by atoms with Crippen molar-refractivity contribution >= 4 is 84.8 Å². The van der Waals surface area contributed by atoms with E-state index in [2.05, 4.69) is 156 Å². The average molecular weight is 608 g/mol. The second-order valence-corrected chi connectivity index (χ2v) is 13.8. The highest BCUT2D eigenvalue weighted by molar-refractivity contribution is 7.26. The summed E-state index contributed by atoms with van der Waals surface area (Å²) in [6, 6.07) is 55.8. The first-order valence-corrected chi connectivity index (χ1v) is 16.9. The second kappa shape index (κ2) is 9.64. The van der Waals surface area contributed by atoms with Gasteiger partial charge < -0.3 is 4.57 Å². The van der Waals surface area contributed by atoms with Crippen molar-refractivity contribution in [3.05, 3.63) is 152 Å². The van der Waals surface area contributed by atoms with Crippen LogP contribution in [0.5, 0.6) is 0 Å². The molecular weight excluding hydrogens is 583 g/mol. The normalized spacial score (nSPS) is 12.0. The van der Waals surface area contributed by atoms with Gasteiger partial charge in [0.15, 0.2) is 0 Å². The van der Waals surface area contributed by atoms with Gasteiger partial charge in [-0.25, -0.2) is 0 Å². The minimum atomic E-state index is 1.18. The van der Waals surface area contributed by atoms with E-state index in [0.29, 0.717) is 0 Å². The third kappa shape index (κ3) is 3.72. The van der Waals surface area contributed by atoms with Gasteiger partial charge in [0.05, 0.1) is 11.0 Å². The summed E-state index contributed by atoms with van der Waals surface area (Å²) < 4.78 is 7.80. The minimum Gasteiger partial charge on any atom is -0.309 e. The zero-order valence-corrected chi connectivity index (χ0v) is 25.8. The van der Waals surface area contributed by atoms with Crippen LogP contribution in [0.1, 0.15) is 0 Å². The lowest BCUT2D eigenvalue weighted by atomic mass is 10.0. The molecule has 0 atom stereocenters. The van der Waals surface area contributed by atoms with Gasteiger partial charge in [-0.1, -0.05) is 109 Å². The van der Waals surface area contributed by atoms with Gasteiger partial charge in [-0.05, 0) is 64.7 Å². The molecule has 10 aromatic rings. The first-order valence-electron chi connectivity index (χ1n) is 15.3. The van der Waals surface area contributed by atoms with Gasteiger partial charge >= 0.3 is 0 Å². The molecule has 3 heterocycles. The van der Waals surface area contributed by atoms with Crippen LogP contribution in [0.2, 0.25) is 0 Å². The lowest BCUT2D eigenvalue weighted by molar-refractivity contribution is 1.18. The molecule has 210 valence electrons. The van der Waals surface area contributed by atoms with Gasteiger partial charge in [0.1, 0.15) is 0 Å². The van der Waals surface area contributed by atoms with Gasteiger partial charge in [-0.3, -0.25) is 0 Å². The molecule has 0 bridgehead atoms. The van der Waals surface area contributed by atoms with Crippen LogP contribution in [0.25, 0.3) is 90.1 Å². The number of hydrogen-bond acceptors (Lipinski definition) is 2. The second-order valence-electron chi connectivity index (χ2n) is 11.7. The van der Waals surface area contributed by atoms with Crippen LogP contribution in [0.3, 0.4) is 0 Å². The maximum absolute atomic E-state index is 2.43. The van der Waals surface area contributed by atoms with Crippen molar-refractivity contribution in [3.8, 4) is 27.9 Å². The van der Waals surface area contributed by atoms with Crippen molar-refractivity contribution in [3.63, 3.8) is 0 Å². The molecule has 0 aliphatic carbocycles. The van der Waals surface area contributed by atoms with Crippen molar-refractivity contribution in [1.82, 2.24) is 4.57 Å². The summed E-state index contributed by atoms with van der Waals surface area (Å²) in [7, 11) is 0. The number of nitrogens with zero attached hydrogens (tertiary/aromatic N) is 1. The number of aromatic nitrogens is 1. The van der Waals surface area contributed by atoms with Gasteiger partial charge in [-0.2, -0.15) is 0 Å². The Kier molecular flexibility index (Phi) is 5.39. The standard InChI is InChI=1S/C42H25NS2/c1-4-19-37-31(12-1)36-25-27(30-16-9-18-35-33-14-3-6-21-40(33)45-42(30)35)22-23-38(36)43(37)28-11-7-10-26(24-28)29-15-8-17-34-32-13-2-5-20-39(32)44-41(29)34/h1-25H. The molecule has 3 aromatic heterocycles. The predicted molar refractivity (Wildman–Crippen MR) is 197 cm³/mol. The molecular formula is C42H25NS2. The van der Waals surface area contributed by atoms with E-state index in [1.54, 1.807) is 0 Å². The Morgan fingerprint density at radius 1 is 0.356 bits per heavy atom. The number of thiophene rings is 2. The van der Waals surface area contributed by atoms with Crippen LogP contribution in [-0.2, 0) is 0 Å². The van der Waals surface area contributed by atoms with Crippen LogP contribution in [0.15, 0.2) is 152 Å². The third-order valence-corrected chi connectivity index (χ3v) is 11.6. The third-order valence-electron chi connectivity index (χ3n) is 9.21. The summed E-state index contributed by atoms with van der Waals surface area (Å²) in [6.45, 7) is 0. The fourth-order valence-electron chi connectivity index (χ4n) is 7.18.